The number of likely N-dealkylation sites (tertiary alicyclic amines) is 1. The molecular formula is C21H28N4O4. The van der Waals surface area contributed by atoms with Crippen molar-refractivity contribution in [3.63, 3.8) is 0 Å². The number of fused-ring (bicyclic) bond motifs is 1. The van der Waals surface area contributed by atoms with Gasteiger partial charge in [0.15, 0.2) is 0 Å². The molecule has 29 heavy (non-hydrogen) atoms. The first-order valence-electron chi connectivity index (χ1n) is 10.1. The highest BCUT2D eigenvalue weighted by Gasteiger charge is 2.53. The van der Waals surface area contributed by atoms with Crippen molar-refractivity contribution in [1.82, 2.24) is 20.0 Å². The maximum Gasteiger partial charge on any atom is 0.244 e. The maximum atomic E-state index is 12.8. The van der Waals surface area contributed by atoms with Crippen molar-refractivity contribution >= 4 is 22.7 Å². The van der Waals surface area contributed by atoms with Crippen LogP contribution in [0.15, 0.2) is 30.5 Å². The van der Waals surface area contributed by atoms with E-state index < -0.39 is 17.2 Å². The molecule has 0 bridgehead atoms. The molecule has 3 heterocycles. The van der Waals surface area contributed by atoms with Gasteiger partial charge in [-0.25, -0.2) is 0 Å². The fourth-order valence-electron chi connectivity index (χ4n) is 4.73. The number of aliphatic hydroxyl groups excluding tert-OH is 1. The van der Waals surface area contributed by atoms with Gasteiger partial charge in [0.2, 0.25) is 11.8 Å². The van der Waals surface area contributed by atoms with Crippen LogP contribution in [-0.2, 0) is 20.9 Å². The Balaban J connectivity index is 1.42. The van der Waals surface area contributed by atoms with Crippen molar-refractivity contribution < 1.29 is 19.4 Å². The molecule has 2 N–H and O–H groups in total. The molecule has 2 saturated heterocycles. The number of aromatic nitrogens is 2. The Labute approximate surface area is 169 Å². The number of rotatable bonds is 3. The molecule has 2 atom stereocenters. The number of carbonyl (C=O) groups excluding carboxylic acids is 2. The molecule has 1 aromatic heterocycles. The Morgan fingerprint density at radius 3 is 2.72 bits per heavy atom. The van der Waals surface area contributed by atoms with Crippen LogP contribution in [-0.4, -0.2) is 68.5 Å². The molecule has 0 saturated carbocycles. The first kappa shape index (κ1) is 19.8. The van der Waals surface area contributed by atoms with E-state index in [1.54, 1.807) is 10.9 Å². The standard InChI is InChI=1S/C21H28N4O4/c1-15(26)23-20(2)9-12-29-21(19(20)28)7-10-24(11-8-21)18(27)14-25-17-6-4-3-5-16(17)13-22-25/h3-6,13,19,28H,7-12,14H2,1-2H3,(H,23,26)/t19-,20+/m1/s1. The summed E-state index contributed by atoms with van der Waals surface area (Å²) in [5.41, 5.74) is -0.513. The predicted molar refractivity (Wildman–Crippen MR) is 107 cm³/mol. The molecule has 4 rings (SSSR count). The van der Waals surface area contributed by atoms with Gasteiger partial charge in [0.05, 0.1) is 22.9 Å². The molecule has 2 fully saturated rings. The van der Waals surface area contributed by atoms with Crippen LogP contribution >= 0.6 is 0 Å². The second-order valence-electron chi connectivity index (χ2n) is 8.41. The summed E-state index contributed by atoms with van der Waals surface area (Å²) in [5, 5.41) is 19.3. The average molecular weight is 400 g/mol. The lowest BCUT2D eigenvalue weighted by Crippen LogP contribution is -2.69. The van der Waals surface area contributed by atoms with Crippen LogP contribution in [0.2, 0.25) is 0 Å². The summed E-state index contributed by atoms with van der Waals surface area (Å²) >= 11 is 0. The normalized spacial score (nSPS) is 26.6. The number of ether oxygens (including phenoxy) is 1. The highest BCUT2D eigenvalue weighted by atomic mass is 16.5. The van der Waals surface area contributed by atoms with Gasteiger partial charge in [-0.1, -0.05) is 18.2 Å². The molecule has 8 heteroatoms. The number of para-hydroxylation sites is 1. The van der Waals surface area contributed by atoms with Gasteiger partial charge in [0.1, 0.15) is 12.6 Å². The second-order valence-corrected chi connectivity index (χ2v) is 8.41. The van der Waals surface area contributed by atoms with Crippen LogP contribution in [0.4, 0.5) is 0 Å². The number of amides is 2. The third-order valence-electron chi connectivity index (χ3n) is 6.37. The van der Waals surface area contributed by atoms with E-state index in [1.165, 1.54) is 6.92 Å². The number of piperidine rings is 1. The van der Waals surface area contributed by atoms with Crippen LogP contribution in [0, 0.1) is 0 Å². The van der Waals surface area contributed by atoms with Gasteiger partial charge in [0.25, 0.3) is 0 Å². The number of hydrogen-bond donors (Lipinski definition) is 2. The smallest absolute Gasteiger partial charge is 0.244 e. The van der Waals surface area contributed by atoms with Crippen molar-refractivity contribution in [1.29, 1.82) is 0 Å². The first-order valence-corrected chi connectivity index (χ1v) is 10.1. The molecule has 0 radical (unpaired) electrons. The van der Waals surface area contributed by atoms with Gasteiger partial charge in [-0.05, 0) is 32.3 Å². The highest BCUT2D eigenvalue weighted by molar-refractivity contribution is 5.82. The minimum Gasteiger partial charge on any atom is -0.388 e. The van der Waals surface area contributed by atoms with Crippen LogP contribution in [0.1, 0.15) is 33.1 Å². The zero-order valence-electron chi connectivity index (χ0n) is 16.9. The average Bonchev–Trinajstić information content (AvgIpc) is 3.09. The van der Waals surface area contributed by atoms with Crippen molar-refractivity contribution in [2.45, 2.75) is 56.9 Å². The van der Waals surface area contributed by atoms with Gasteiger partial charge in [-0.15, -0.1) is 0 Å². The molecule has 156 valence electrons. The third kappa shape index (κ3) is 3.62. The van der Waals surface area contributed by atoms with Crippen molar-refractivity contribution in [2.75, 3.05) is 19.7 Å². The van der Waals surface area contributed by atoms with E-state index in [1.807, 2.05) is 36.1 Å². The molecule has 0 aliphatic carbocycles. The van der Waals surface area contributed by atoms with E-state index in [0.717, 1.165) is 10.9 Å². The quantitative estimate of drug-likeness (QED) is 0.804. The van der Waals surface area contributed by atoms with Gasteiger partial charge in [-0.2, -0.15) is 5.10 Å². The monoisotopic (exact) mass is 400 g/mol. The minimum atomic E-state index is -0.819. The summed E-state index contributed by atoms with van der Waals surface area (Å²) in [6.45, 7) is 5.00. The van der Waals surface area contributed by atoms with Crippen LogP contribution < -0.4 is 5.32 Å². The molecule has 2 aliphatic rings. The molecule has 8 nitrogen and oxygen atoms in total. The van der Waals surface area contributed by atoms with Crippen LogP contribution in [0.3, 0.4) is 0 Å². The molecule has 0 unspecified atom stereocenters. The van der Waals surface area contributed by atoms with E-state index in [4.69, 9.17) is 4.74 Å². The Hall–Kier alpha value is -2.45. The summed E-state index contributed by atoms with van der Waals surface area (Å²) < 4.78 is 7.75. The van der Waals surface area contributed by atoms with E-state index in [2.05, 4.69) is 10.4 Å². The van der Waals surface area contributed by atoms with Gasteiger partial charge < -0.3 is 20.1 Å². The molecule has 2 aromatic rings. The summed E-state index contributed by atoms with van der Waals surface area (Å²) in [4.78, 5) is 26.2. The minimum absolute atomic E-state index is 0.00336. The van der Waals surface area contributed by atoms with Gasteiger partial charge in [0, 0.05) is 32.0 Å². The fourth-order valence-corrected chi connectivity index (χ4v) is 4.73. The Kier molecular flexibility index (Phi) is 5.08. The molecule has 2 amide bonds. The van der Waals surface area contributed by atoms with E-state index >= 15 is 0 Å². The third-order valence-corrected chi connectivity index (χ3v) is 6.37. The number of nitrogens with zero attached hydrogens (tertiary/aromatic N) is 3. The molecular weight excluding hydrogens is 372 g/mol. The highest BCUT2D eigenvalue weighted by Crippen LogP contribution is 2.40. The summed E-state index contributed by atoms with van der Waals surface area (Å²) in [5.74, 6) is -0.161. The Bertz CT molecular complexity index is 918. The zero-order valence-corrected chi connectivity index (χ0v) is 16.9. The van der Waals surface area contributed by atoms with Crippen molar-refractivity contribution in [2.24, 2.45) is 0 Å². The molecule has 1 aromatic carbocycles. The lowest BCUT2D eigenvalue weighted by molar-refractivity contribution is -0.208. The Morgan fingerprint density at radius 2 is 2.00 bits per heavy atom. The number of benzene rings is 1. The predicted octanol–water partition coefficient (Wildman–Crippen LogP) is 1.07. The maximum absolute atomic E-state index is 12.8. The van der Waals surface area contributed by atoms with E-state index in [0.29, 0.717) is 39.0 Å². The van der Waals surface area contributed by atoms with Crippen molar-refractivity contribution in [3.8, 4) is 0 Å². The molecule has 1 spiro atoms. The molecule has 2 aliphatic heterocycles. The number of nitrogens with one attached hydrogen (secondary N) is 1. The first-order chi connectivity index (χ1) is 13.8. The lowest BCUT2D eigenvalue weighted by Gasteiger charge is -2.53. The van der Waals surface area contributed by atoms with Crippen molar-refractivity contribution in [3.05, 3.63) is 30.5 Å². The van der Waals surface area contributed by atoms with Gasteiger partial charge >= 0.3 is 0 Å². The lowest BCUT2D eigenvalue weighted by atomic mass is 9.73. The number of hydrogen-bond acceptors (Lipinski definition) is 5. The summed E-state index contributed by atoms with van der Waals surface area (Å²) in [6.07, 6.45) is 2.58. The van der Waals surface area contributed by atoms with Crippen LogP contribution in [0.25, 0.3) is 10.9 Å². The second kappa shape index (κ2) is 7.42. The number of carbonyl (C=O) groups is 2. The zero-order chi connectivity index (χ0) is 20.6. The topological polar surface area (TPSA) is 96.7 Å². The fraction of sp³-hybridized carbons (Fsp3) is 0.571. The van der Waals surface area contributed by atoms with Gasteiger partial charge in [-0.3, -0.25) is 14.3 Å². The van der Waals surface area contributed by atoms with E-state index in [9.17, 15) is 14.7 Å². The number of aliphatic hydroxyl groups is 1. The SMILES string of the molecule is CC(=O)N[C@@]1(C)CCOC2(CCN(C(=O)Cn3ncc4ccccc43)CC2)[C@@H]1O. The van der Waals surface area contributed by atoms with Crippen LogP contribution in [0.5, 0.6) is 0 Å². The largest absolute Gasteiger partial charge is 0.388 e. The Morgan fingerprint density at radius 1 is 1.28 bits per heavy atom. The summed E-state index contributed by atoms with van der Waals surface area (Å²) in [7, 11) is 0. The van der Waals surface area contributed by atoms with E-state index in [-0.39, 0.29) is 18.4 Å². The summed E-state index contributed by atoms with van der Waals surface area (Å²) in [6, 6.07) is 7.81.